The summed E-state index contributed by atoms with van der Waals surface area (Å²) in [5, 5.41) is 11.8. The van der Waals surface area contributed by atoms with Crippen molar-refractivity contribution in [3.05, 3.63) is 59.4 Å². The first-order chi connectivity index (χ1) is 12.9. The van der Waals surface area contributed by atoms with Crippen LogP contribution in [0.4, 0.5) is 4.39 Å². The SMILES string of the molecule is Cc1cnc(CNC(=O)C2(Cc3ccccc3F)CN(CC(=O)O)C2)cn1. The van der Waals surface area contributed by atoms with Gasteiger partial charge in [0.15, 0.2) is 0 Å². The number of nitrogens with zero attached hydrogens (tertiary/aromatic N) is 3. The van der Waals surface area contributed by atoms with E-state index in [-0.39, 0.29) is 44.3 Å². The van der Waals surface area contributed by atoms with Gasteiger partial charge in [-0.1, -0.05) is 18.2 Å². The van der Waals surface area contributed by atoms with Gasteiger partial charge >= 0.3 is 5.97 Å². The molecule has 1 aromatic carbocycles. The summed E-state index contributed by atoms with van der Waals surface area (Å²) in [6.45, 7) is 2.42. The third kappa shape index (κ3) is 4.46. The lowest BCUT2D eigenvalue weighted by atomic mass is 9.73. The van der Waals surface area contributed by atoms with Crippen molar-refractivity contribution in [1.82, 2.24) is 20.2 Å². The lowest BCUT2D eigenvalue weighted by molar-refractivity contribution is -0.150. The number of rotatable bonds is 7. The molecule has 2 N–H and O–H groups in total. The predicted molar refractivity (Wildman–Crippen MR) is 95.2 cm³/mol. The highest BCUT2D eigenvalue weighted by molar-refractivity contribution is 5.85. The van der Waals surface area contributed by atoms with E-state index in [9.17, 15) is 14.0 Å². The molecule has 1 saturated heterocycles. The number of benzene rings is 1. The number of halogens is 1. The van der Waals surface area contributed by atoms with Gasteiger partial charge in [0.25, 0.3) is 0 Å². The quantitative estimate of drug-likeness (QED) is 0.758. The van der Waals surface area contributed by atoms with Gasteiger partial charge in [0, 0.05) is 19.3 Å². The van der Waals surface area contributed by atoms with Crippen molar-refractivity contribution in [3.63, 3.8) is 0 Å². The second-order valence-electron chi connectivity index (χ2n) is 6.92. The minimum atomic E-state index is -0.954. The van der Waals surface area contributed by atoms with Crippen molar-refractivity contribution in [2.75, 3.05) is 19.6 Å². The van der Waals surface area contributed by atoms with Crippen LogP contribution in [-0.2, 0) is 22.6 Å². The number of hydrogen-bond donors (Lipinski definition) is 2. The van der Waals surface area contributed by atoms with Crippen molar-refractivity contribution < 1.29 is 19.1 Å². The Hall–Kier alpha value is -2.87. The Morgan fingerprint density at radius 1 is 1.26 bits per heavy atom. The van der Waals surface area contributed by atoms with Crippen molar-refractivity contribution >= 4 is 11.9 Å². The number of nitrogens with one attached hydrogen (secondary N) is 1. The molecule has 0 unspecified atom stereocenters. The number of aromatic nitrogens is 2. The summed E-state index contributed by atoms with van der Waals surface area (Å²) in [5.41, 5.74) is 0.981. The van der Waals surface area contributed by atoms with Crippen LogP contribution in [0.25, 0.3) is 0 Å². The van der Waals surface area contributed by atoms with E-state index in [2.05, 4.69) is 15.3 Å². The summed E-state index contributed by atoms with van der Waals surface area (Å²) in [7, 11) is 0. The highest BCUT2D eigenvalue weighted by Crippen LogP contribution is 2.35. The molecule has 0 aliphatic carbocycles. The van der Waals surface area contributed by atoms with Crippen LogP contribution < -0.4 is 5.32 Å². The van der Waals surface area contributed by atoms with E-state index in [1.54, 1.807) is 35.5 Å². The summed E-state index contributed by atoms with van der Waals surface area (Å²) in [4.78, 5) is 33.8. The highest BCUT2D eigenvalue weighted by atomic mass is 19.1. The van der Waals surface area contributed by atoms with Gasteiger partial charge in [-0.2, -0.15) is 0 Å². The molecule has 2 aromatic rings. The number of aliphatic carboxylic acids is 1. The molecule has 3 rings (SSSR count). The zero-order valence-corrected chi connectivity index (χ0v) is 15.0. The normalized spacial score (nSPS) is 15.8. The molecule has 7 nitrogen and oxygen atoms in total. The Balaban J connectivity index is 1.71. The molecule has 1 aliphatic rings. The van der Waals surface area contributed by atoms with E-state index in [4.69, 9.17) is 5.11 Å². The largest absolute Gasteiger partial charge is 0.480 e. The number of carbonyl (C=O) groups excluding carboxylic acids is 1. The molecule has 142 valence electrons. The van der Waals surface area contributed by atoms with Gasteiger partial charge in [-0.05, 0) is 25.0 Å². The van der Waals surface area contributed by atoms with Crippen molar-refractivity contribution in [2.45, 2.75) is 19.9 Å². The Morgan fingerprint density at radius 3 is 2.63 bits per heavy atom. The number of hydrogen-bond acceptors (Lipinski definition) is 5. The first kappa shape index (κ1) is 18.9. The maximum Gasteiger partial charge on any atom is 0.317 e. The molecule has 1 aliphatic heterocycles. The Kier molecular flexibility index (Phi) is 5.46. The van der Waals surface area contributed by atoms with Crippen LogP contribution in [-0.4, -0.2) is 51.5 Å². The van der Waals surface area contributed by atoms with Gasteiger partial charge in [-0.25, -0.2) is 4.39 Å². The molecule has 0 saturated carbocycles. The minimum Gasteiger partial charge on any atom is -0.480 e. The average molecular weight is 372 g/mol. The van der Waals surface area contributed by atoms with Crippen LogP contribution >= 0.6 is 0 Å². The summed E-state index contributed by atoms with van der Waals surface area (Å²) in [6.07, 6.45) is 3.42. The monoisotopic (exact) mass is 372 g/mol. The molecule has 8 heteroatoms. The number of carboxylic acid groups (broad SMARTS) is 1. The van der Waals surface area contributed by atoms with E-state index >= 15 is 0 Å². The Bertz CT molecular complexity index is 835. The molecule has 0 radical (unpaired) electrons. The van der Waals surface area contributed by atoms with Gasteiger partial charge < -0.3 is 10.4 Å². The average Bonchev–Trinajstić information content (AvgIpc) is 2.60. The highest BCUT2D eigenvalue weighted by Gasteiger charge is 2.49. The van der Waals surface area contributed by atoms with Crippen molar-refractivity contribution in [1.29, 1.82) is 0 Å². The first-order valence-electron chi connectivity index (χ1n) is 8.61. The zero-order chi connectivity index (χ0) is 19.4. The summed E-state index contributed by atoms with van der Waals surface area (Å²) >= 11 is 0. The number of carbonyl (C=O) groups is 2. The van der Waals surface area contributed by atoms with Crippen LogP contribution in [0.1, 0.15) is 17.0 Å². The van der Waals surface area contributed by atoms with Crippen molar-refractivity contribution in [2.24, 2.45) is 5.41 Å². The fraction of sp³-hybridized carbons (Fsp3) is 0.368. The molecular formula is C19H21FN4O3. The summed E-state index contributed by atoms with van der Waals surface area (Å²) in [6, 6.07) is 6.32. The molecule has 1 amide bonds. The molecule has 0 spiro atoms. The van der Waals surface area contributed by atoms with E-state index in [1.807, 2.05) is 6.92 Å². The predicted octanol–water partition coefficient (Wildman–Crippen LogP) is 1.17. The number of aryl methyl sites for hydroxylation is 1. The van der Waals surface area contributed by atoms with Crippen LogP contribution in [0, 0.1) is 18.2 Å². The molecule has 1 fully saturated rings. The number of likely N-dealkylation sites (tertiary alicyclic amines) is 1. The molecule has 2 heterocycles. The Labute approximate surface area is 156 Å². The van der Waals surface area contributed by atoms with Gasteiger partial charge in [-0.15, -0.1) is 0 Å². The molecule has 0 bridgehead atoms. The summed E-state index contributed by atoms with van der Waals surface area (Å²) in [5.74, 6) is -1.56. The second kappa shape index (κ2) is 7.79. The molecular weight excluding hydrogens is 351 g/mol. The second-order valence-corrected chi connectivity index (χ2v) is 6.92. The lowest BCUT2D eigenvalue weighted by Gasteiger charge is -2.48. The molecule has 27 heavy (non-hydrogen) atoms. The maximum atomic E-state index is 14.1. The van der Waals surface area contributed by atoms with E-state index < -0.39 is 11.4 Å². The topological polar surface area (TPSA) is 95.4 Å². The fourth-order valence-corrected chi connectivity index (χ4v) is 3.32. The van der Waals surface area contributed by atoms with Crippen LogP contribution in [0.3, 0.4) is 0 Å². The van der Waals surface area contributed by atoms with E-state index in [1.165, 1.54) is 6.07 Å². The standard InChI is InChI=1S/C19H21FN4O3/c1-13-7-22-15(8-21-13)9-23-18(27)19(11-24(12-19)10-17(25)26)6-14-4-2-3-5-16(14)20/h2-5,7-8H,6,9-12H2,1H3,(H,23,27)(H,25,26). The molecule has 1 aromatic heterocycles. The van der Waals surface area contributed by atoms with E-state index in [0.29, 0.717) is 11.3 Å². The van der Waals surface area contributed by atoms with Gasteiger partial charge in [0.2, 0.25) is 5.91 Å². The lowest BCUT2D eigenvalue weighted by Crippen LogP contribution is -2.65. The van der Waals surface area contributed by atoms with Gasteiger partial charge in [0.05, 0.1) is 36.1 Å². The molecule has 0 atom stereocenters. The minimum absolute atomic E-state index is 0.143. The van der Waals surface area contributed by atoms with E-state index in [0.717, 1.165) is 5.69 Å². The summed E-state index contributed by atoms with van der Waals surface area (Å²) < 4.78 is 14.1. The smallest absolute Gasteiger partial charge is 0.317 e. The fourth-order valence-electron chi connectivity index (χ4n) is 3.32. The Morgan fingerprint density at radius 2 is 2.00 bits per heavy atom. The zero-order valence-electron chi connectivity index (χ0n) is 15.0. The van der Waals surface area contributed by atoms with Crippen LogP contribution in [0.15, 0.2) is 36.7 Å². The first-order valence-corrected chi connectivity index (χ1v) is 8.61. The van der Waals surface area contributed by atoms with Crippen LogP contribution in [0.2, 0.25) is 0 Å². The van der Waals surface area contributed by atoms with Gasteiger partial charge in [0.1, 0.15) is 5.82 Å². The van der Waals surface area contributed by atoms with Crippen LogP contribution in [0.5, 0.6) is 0 Å². The number of amides is 1. The third-order valence-corrected chi connectivity index (χ3v) is 4.64. The number of carboxylic acids is 1. The van der Waals surface area contributed by atoms with Gasteiger partial charge in [-0.3, -0.25) is 24.5 Å². The maximum absolute atomic E-state index is 14.1. The van der Waals surface area contributed by atoms with Crippen molar-refractivity contribution in [3.8, 4) is 0 Å². The third-order valence-electron chi connectivity index (χ3n) is 4.64.